The number of nitriles is 1. The maximum Gasteiger partial charge on any atom is 0.304 e. The van der Waals surface area contributed by atoms with E-state index in [1.807, 2.05) is 6.92 Å². The van der Waals surface area contributed by atoms with E-state index in [1.54, 1.807) is 30.3 Å². The number of aliphatic carboxylic acids is 1. The summed E-state index contributed by atoms with van der Waals surface area (Å²) in [5.41, 5.74) is 2.97. The van der Waals surface area contributed by atoms with Gasteiger partial charge in [-0.05, 0) is 61.7 Å². The van der Waals surface area contributed by atoms with Crippen molar-refractivity contribution in [3.05, 3.63) is 53.3 Å². The molecule has 3 rings (SSSR count). The lowest BCUT2D eigenvalue weighted by atomic mass is 9.94. The molecular formula is C25H30FN3O4. The first-order valence-electron chi connectivity index (χ1n) is 11.1. The number of nitrogens with zero attached hydrogens (tertiary/aromatic N) is 2. The van der Waals surface area contributed by atoms with Crippen molar-refractivity contribution in [2.24, 2.45) is 0 Å². The number of halogens is 1. The zero-order chi connectivity index (χ0) is 23.8. The Hall–Kier alpha value is -3.15. The molecular weight excluding hydrogens is 425 g/mol. The number of carbonyl (C=O) groups is 1. The van der Waals surface area contributed by atoms with Crippen molar-refractivity contribution in [2.75, 3.05) is 43.7 Å². The molecule has 0 spiro atoms. The lowest BCUT2D eigenvalue weighted by Gasteiger charge is -2.37. The Balaban J connectivity index is 2.06. The molecule has 0 saturated carbocycles. The number of carboxylic acids is 1. The lowest BCUT2D eigenvalue weighted by Crippen LogP contribution is -2.39. The van der Waals surface area contributed by atoms with E-state index in [-0.39, 0.29) is 19.1 Å². The summed E-state index contributed by atoms with van der Waals surface area (Å²) in [6.45, 7) is 4.13. The molecule has 0 unspecified atom stereocenters. The van der Waals surface area contributed by atoms with E-state index >= 15 is 4.39 Å². The fourth-order valence-corrected chi connectivity index (χ4v) is 4.31. The molecule has 1 fully saturated rings. The van der Waals surface area contributed by atoms with Crippen LogP contribution in [0.15, 0.2) is 36.4 Å². The van der Waals surface area contributed by atoms with Crippen molar-refractivity contribution in [3.63, 3.8) is 0 Å². The van der Waals surface area contributed by atoms with Crippen LogP contribution in [0.1, 0.15) is 43.2 Å². The number of carboxylic acid groups (broad SMARTS) is 1. The van der Waals surface area contributed by atoms with Crippen LogP contribution in [-0.4, -0.2) is 50.6 Å². The smallest absolute Gasteiger partial charge is 0.304 e. The Morgan fingerprint density at radius 2 is 2.03 bits per heavy atom. The molecule has 0 aliphatic carbocycles. The summed E-state index contributed by atoms with van der Waals surface area (Å²) in [6.07, 6.45) is 1.45. The number of hydrogen-bond acceptors (Lipinski definition) is 6. The summed E-state index contributed by atoms with van der Waals surface area (Å²) < 4.78 is 26.1. The Labute approximate surface area is 193 Å². The van der Waals surface area contributed by atoms with Crippen LogP contribution in [0.4, 0.5) is 21.5 Å². The van der Waals surface area contributed by atoms with Gasteiger partial charge < -0.3 is 24.8 Å². The minimum Gasteiger partial charge on any atom is -0.481 e. The number of methoxy groups -OCH3 is 1. The largest absolute Gasteiger partial charge is 0.481 e. The van der Waals surface area contributed by atoms with Gasteiger partial charge in [0, 0.05) is 44.5 Å². The monoisotopic (exact) mass is 455 g/mol. The second-order valence-electron chi connectivity index (χ2n) is 8.08. The third kappa shape index (κ3) is 6.21. The minimum absolute atomic E-state index is 0.0936. The fourth-order valence-electron chi connectivity index (χ4n) is 4.31. The maximum atomic E-state index is 15.4. The molecule has 8 heteroatoms. The van der Waals surface area contributed by atoms with E-state index < -0.39 is 17.7 Å². The molecule has 2 aromatic rings. The van der Waals surface area contributed by atoms with Gasteiger partial charge in [0.1, 0.15) is 5.82 Å². The van der Waals surface area contributed by atoms with Crippen LogP contribution >= 0.6 is 0 Å². The van der Waals surface area contributed by atoms with Gasteiger partial charge >= 0.3 is 5.97 Å². The highest BCUT2D eigenvalue weighted by atomic mass is 19.1. The van der Waals surface area contributed by atoms with E-state index in [9.17, 15) is 9.90 Å². The van der Waals surface area contributed by atoms with E-state index in [4.69, 9.17) is 14.7 Å². The first kappa shape index (κ1) is 24.5. The van der Waals surface area contributed by atoms with Gasteiger partial charge in [-0.1, -0.05) is 0 Å². The van der Waals surface area contributed by atoms with E-state index in [1.165, 1.54) is 13.2 Å². The summed E-state index contributed by atoms with van der Waals surface area (Å²) in [7, 11) is 1.47. The summed E-state index contributed by atoms with van der Waals surface area (Å²) >= 11 is 0. The molecule has 0 aromatic heterocycles. The van der Waals surface area contributed by atoms with Crippen LogP contribution in [0.25, 0.3) is 0 Å². The molecule has 1 aliphatic heterocycles. The van der Waals surface area contributed by atoms with Crippen molar-refractivity contribution in [1.29, 1.82) is 5.26 Å². The summed E-state index contributed by atoms with van der Waals surface area (Å²) in [4.78, 5) is 13.6. The van der Waals surface area contributed by atoms with Gasteiger partial charge in [-0.3, -0.25) is 4.79 Å². The van der Waals surface area contributed by atoms with Crippen molar-refractivity contribution < 1.29 is 23.8 Å². The van der Waals surface area contributed by atoms with E-state index in [2.05, 4.69) is 16.3 Å². The molecule has 1 aliphatic rings. The molecule has 1 atom stereocenters. The van der Waals surface area contributed by atoms with Gasteiger partial charge in [0.15, 0.2) is 0 Å². The molecule has 1 saturated heterocycles. The van der Waals surface area contributed by atoms with Crippen LogP contribution in [0.5, 0.6) is 0 Å². The van der Waals surface area contributed by atoms with Gasteiger partial charge in [-0.2, -0.15) is 5.26 Å². The Kier molecular flexibility index (Phi) is 8.64. The molecule has 7 nitrogen and oxygen atoms in total. The maximum absolute atomic E-state index is 15.4. The van der Waals surface area contributed by atoms with Gasteiger partial charge in [0.25, 0.3) is 0 Å². The third-order valence-corrected chi connectivity index (χ3v) is 5.92. The van der Waals surface area contributed by atoms with E-state index in [0.29, 0.717) is 42.3 Å². The van der Waals surface area contributed by atoms with Gasteiger partial charge in [-0.15, -0.1) is 0 Å². The Morgan fingerprint density at radius 3 is 2.61 bits per heavy atom. The summed E-state index contributed by atoms with van der Waals surface area (Å²) in [5, 5.41) is 21.8. The van der Waals surface area contributed by atoms with Crippen molar-refractivity contribution in [2.45, 2.75) is 38.1 Å². The number of hydrogen-bond donors (Lipinski definition) is 2. The zero-order valence-electron chi connectivity index (χ0n) is 19.0. The minimum atomic E-state index is -1.01. The van der Waals surface area contributed by atoms with Crippen LogP contribution < -0.4 is 10.2 Å². The Morgan fingerprint density at radius 1 is 1.33 bits per heavy atom. The molecule has 1 heterocycles. The SMILES string of the molecule is CCN(c1cc(F)c([C@H](COC)CC(=O)O)cc1Nc1ccc(C#N)cc1)C1CCOCC1. The van der Waals surface area contributed by atoms with Crippen molar-refractivity contribution in [1.82, 2.24) is 0 Å². The first-order valence-corrected chi connectivity index (χ1v) is 11.1. The van der Waals surface area contributed by atoms with Crippen LogP contribution in [0.3, 0.4) is 0 Å². The fraction of sp³-hybridized carbons (Fsp3) is 0.440. The highest BCUT2D eigenvalue weighted by Crippen LogP contribution is 2.37. The quantitative estimate of drug-likeness (QED) is 0.538. The number of ether oxygens (including phenoxy) is 2. The molecule has 0 radical (unpaired) electrons. The average Bonchev–Trinajstić information content (AvgIpc) is 2.82. The first-order chi connectivity index (χ1) is 16.0. The second-order valence-corrected chi connectivity index (χ2v) is 8.08. The van der Waals surface area contributed by atoms with Crippen LogP contribution in [0, 0.1) is 17.1 Å². The van der Waals surface area contributed by atoms with Crippen LogP contribution in [-0.2, 0) is 14.3 Å². The number of benzene rings is 2. The van der Waals surface area contributed by atoms with E-state index in [0.717, 1.165) is 18.5 Å². The molecule has 176 valence electrons. The normalized spacial score (nSPS) is 15.0. The predicted molar refractivity (Wildman–Crippen MR) is 125 cm³/mol. The highest BCUT2D eigenvalue weighted by molar-refractivity contribution is 5.77. The lowest BCUT2D eigenvalue weighted by molar-refractivity contribution is -0.137. The topological polar surface area (TPSA) is 94.8 Å². The molecule has 0 bridgehead atoms. The van der Waals surface area contributed by atoms with Gasteiger partial charge in [0.05, 0.1) is 36.0 Å². The Bertz CT molecular complexity index is 984. The summed E-state index contributed by atoms with van der Waals surface area (Å²) in [6, 6.07) is 12.5. The van der Waals surface area contributed by atoms with Crippen LogP contribution in [0.2, 0.25) is 0 Å². The second kappa shape index (κ2) is 11.6. The predicted octanol–water partition coefficient (Wildman–Crippen LogP) is 4.65. The van der Waals surface area contributed by atoms with Crippen molar-refractivity contribution >= 4 is 23.0 Å². The number of anilines is 3. The van der Waals surface area contributed by atoms with Gasteiger partial charge in [0.2, 0.25) is 0 Å². The number of rotatable bonds is 10. The third-order valence-electron chi connectivity index (χ3n) is 5.92. The molecule has 2 N–H and O–H groups in total. The average molecular weight is 456 g/mol. The van der Waals surface area contributed by atoms with Crippen molar-refractivity contribution in [3.8, 4) is 6.07 Å². The molecule has 33 heavy (non-hydrogen) atoms. The number of nitrogens with one attached hydrogen (secondary N) is 1. The highest BCUT2D eigenvalue weighted by Gasteiger charge is 2.26. The molecule has 0 amide bonds. The standard InChI is InChI=1S/C25H30FN3O4/c1-3-29(20-8-10-33-11-9-20)24-14-22(26)21(18(16-32-2)12-25(30)31)13-23(24)28-19-6-4-17(15-27)5-7-19/h4-7,13-14,18,20,28H,3,8-12,16H2,1-2H3,(H,30,31)/t18-/m0/s1. The summed E-state index contributed by atoms with van der Waals surface area (Å²) in [5.74, 6) is -2.09. The zero-order valence-corrected chi connectivity index (χ0v) is 19.0. The van der Waals surface area contributed by atoms with Gasteiger partial charge in [-0.25, -0.2) is 4.39 Å². The molecule has 2 aromatic carbocycles.